The molecule has 0 radical (unpaired) electrons. The molecule has 1 aliphatic rings. The van der Waals surface area contributed by atoms with Crippen LogP contribution in [0.1, 0.15) is 13.3 Å². The quantitative estimate of drug-likeness (QED) is 0.715. The van der Waals surface area contributed by atoms with Gasteiger partial charge in [0.05, 0.1) is 6.61 Å². The van der Waals surface area contributed by atoms with Gasteiger partial charge in [-0.25, -0.2) is 0 Å². The fourth-order valence-electron chi connectivity index (χ4n) is 1.22. The molecule has 2 N–H and O–H groups in total. The highest BCUT2D eigenvalue weighted by atomic mass is 32.2. The van der Waals surface area contributed by atoms with Crippen LogP contribution in [0, 0.1) is 0 Å². The third-order valence-corrected chi connectivity index (χ3v) is 4.92. The molecule has 0 amide bonds. The highest BCUT2D eigenvalue weighted by Gasteiger charge is 2.21. The predicted octanol–water partition coefficient (Wildman–Crippen LogP) is 1.59. The summed E-state index contributed by atoms with van der Waals surface area (Å²) in [7, 11) is 0. The summed E-state index contributed by atoms with van der Waals surface area (Å²) in [5.41, 5.74) is 6.03. The number of hydrogen-bond donors (Lipinski definition) is 1. The van der Waals surface area contributed by atoms with E-state index in [9.17, 15) is 0 Å². The number of nitrogens with two attached hydrogens (primary N) is 1. The second-order valence-electron chi connectivity index (χ2n) is 3.22. The Hall–Kier alpha value is 0.620. The van der Waals surface area contributed by atoms with E-state index in [1.807, 2.05) is 23.5 Å². The van der Waals surface area contributed by atoms with Crippen molar-refractivity contribution < 1.29 is 4.74 Å². The second-order valence-corrected chi connectivity index (χ2v) is 5.72. The van der Waals surface area contributed by atoms with E-state index in [2.05, 4.69) is 6.92 Å². The summed E-state index contributed by atoms with van der Waals surface area (Å²) in [6.07, 6.45) is 1.08. The van der Waals surface area contributed by atoms with E-state index in [0.717, 1.165) is 19.6 Å². The first-order chi connectivity index (χ1) is 6.34. The van der Waals surface area contributed by atoms with Gasteiger partial charge in [0.1, 0.15) is 0 Å². The molecule has 1 heterocycles. The van der Waals surface area contributed by atoms with Crippen LogP contribution in [0.3, 0.4) is 0 Å². The minimum absolute atomic E-state index is 0.226. The van der Waals surface area contributed by atoms with Crippen molar-refractivity contribution in [2.45, 2.75) is 24.6 Å². The number of thioether (sulfide) groups is 2. The minimum Gasteiger partial charge on any atom is -0.380 e. The van der Waals surface area contributed by atoms with Crippen molar-refractivity contribution in [1.29, 1.82) is 0 Å². The van der Waals surface area contributed by atoms with Gasteiger partial charge in [0.25, 0.3) is 0 Å². The molecule has 1 fully saturated rings. The van der Waals surface area contributed by atoms with Gasteiger partial charge in [0.15, 0.2) is 0 Å². The van der Waals surface area contributed by atoms with Crippen molar-refractivity contribution >= 4 is 23.5 Å². The Morgan fingerprint density at radius 1 is 1.54 bits per heavy atom. The van der Waals surface area contributed by atoms with Crippen LogP contribution in [-0.4, -0.2) is 41.8 Å². The van der Waals surface area contributed by atoms with E-state index >= 15 is 0 Å². The highest BCUT2D eigenvalue weighted by molar-refractivity contribution is 8.06. The van der Waals surface area contributed by atoms with E-state index in [4.69, 9.17) is 10.5 Å². The van der Waals surface area contributed by atoms with E-state index in [1.54, 1.807) is 0 Å². The maximum absolute atomic E-state index is 6.03. The first-order valence-corrected chi connectivity index (χ1v) is 7.07. The molecule has 0 aromatic carbocycles. The van der Waals surface area contributed by atoms with Crippen molar-refractivity contribution in [2.75, 3.05) is 30.5 Å². The fourth-order valence-corrected chi connectivity index (χ4v) is 4.03. The summed E-state index contributed by atoms with van der Waals surface area (Å²) < 4.78 is 5.45. The summed E-state index contributed by atoms with van der Waals surface area (Å²) in [6, 6.07) is 0.226. The molecule has 4 heteroatoms. The van der Waals surface area contributed by atoms with E-state index in [0.29, 0.717) is 5.25 Å². The maximum Gasteiger partial charge on any atom is 0.0628 e. The minimum atomic E-state index is 0.226. The molecule has 0 aromatic heterocycles. The summed E-state index contributed by atoms with van der Waals surface area (Å²) in [5.74, 6) is 3.72. The van der Waals surface area contributed by atoms with Gasteiger partial charge < -0.3 is 10.5 Å². The van der Waals surface area contributed by atoms with Crippen molar-refractivity contribution in [2.24, 2.45) is 5.73 Å². The molecular weight excluding hydrogens is 202 g/mol. The second kappa shape index (κ2) is 6.98. The molecule has 0 spiro atoms. The Morgan fingerprint density at radius 2 is 2.38 bits per heavy atom. The Balaban J connectivity index is 2.09. The van der Waals surface area contributed by atoms with Gasteiger partial charge >= 0.3 is 0 Å². The Morgan fingerprint density at radius 3 is 3.00 bits per heavy atom. The van der Waals surface area contributed by atoms with Crippen LogP contribution < -0.4 is 5.73 Å². The lowest BCUT2D eigenvalue weighted by Gasteiger charge is -2.26. The van der Waals surface area contributed by atoms with Crippen molar-refractivity contribution in [1.82, 2.24) is 0 Å². The number of hydrogen-bond acceptors (Lipinski definition) is 4. The Kier molecular flexibility index (Phi) is 6.28. The zero-order chi connectivity index (χ0) is 9.52. The van der Waals surface area contributed by atoms with E-state index < -0.39 is 0 Å². The Labute approximate surface area is 89.4 Å². The van der Waals surface area contributed by atoms with Gasteiger partial charge in [0, 0.05) is 35.2 Å². The molecule has 78 valence electrons. The number of ether oxygens (including phenoxy) is 1. The van der Waals surface area contributed by atoms with Gasteiger partial charge in [-0.2, -0.15) is 23.5 Å². The van der Waals surface area contributed by atoms with E-state index in [-0.39, 0.29) is 6.04 Å². The van der Waals surface area contributed by atoms with Gasteiger partial charge in [-0.05, 0) is 6.42 Å². The predicted molar refractivity (Wildman–Crippen MR) is 62.7 cm³/mol. The standard InChI is InChI=1S/C9H19NOS2/c1-2-3-11-6-8(10)9-7-12-4-5-13-9/h8-9H,2-7,10H2,1H3. The fraction of sp³-hybridized carbons (Fsp3) is 1.00. The summed E-state index contributed by atoms with van der Waals surface area (Å²) >= 11 is 4.02. The van der Waals surface area contributed by atoms with Crippen LogP contribution in [0.4, 0.5) is 0 Å². The van der Waals surface area contributed by atoms with Crippen molar-refractivity contribution in [3.63, 3.8) is 0 Å². The molecule has 1 saturated heterocycles. The smallest absolute Gasteiger partial charge is 0.0628 e. The third kappa shape index (κ3) is 4.58. The molecule has 2 unspecified atom stereocenters. The monoisotopic (exact) mass is 221 g/mol. The molecule has 2 atom stereocenters. The molecule has 2 nitrogen and oxygen atoms in total. The lowest BCUT2D eigenvalue weighted by atomic mass is 10.2. The van der Waals surface area contributed by atoms with Crippen LogP contribution in [-0.2, 0) is 4.74 Å². The van der Waals surface area contributed by atoms with E-state index in [1.165, 1.54) is 17.3 Å². The van der Waals surface area contributed by atoms with Gasteiger partial charge in [-0.15, -0.1) is 0 Å². The molecule has 1 rings (SSSR count). The lowest BCUT2D eigenvalue weighted by molar-refractivity contribution is 0.122. The number of rotatable bonds is 5. The van der Waals surface area contributed by atoms with Gasteiger partial charge in [-0.1, -0.05) is 6.92 Å². The van der Waals surface area contributed by atoms with Crippen LogP contribution in [0.2, 0.25) is 0 Å². The van der Waals surface area contributed by atoms with Gasteiger partial charge in [0.2, 0.25) is 0 Å². The first kappa shape index (κ1) is 11.7. The average Bonchev–Trinajstić information content (AvgIpc) is 2.19. The van der Waals surface area contributed by atoms with Crippen LogP contribution in [0.5, 0.6) is 0 Å². The van der Waals surface area contributed by atoms with Gasteiger partial charge in [-0.3, -0.25) is 0 Å². The maximum atomic E-state index is 6.03. The molecular formula is C9H19NOS2. The normalized spacial score (nSPS) is 25.8. The summed E-state index contributed by atoms with van der Waals surface area (Å²) in [5, 5.41) is 0.607. The molecule has 1 aliphatic heterocycles. The van der Waals surface area contributed by atoms with Crippen LogP contribution in [0.25, 0.3) is 0 Å². The zero-order valence-electron chi connectivity index (χ0n) is 8.20. The van der Waals surface area contributed by atoms with Crippen molar-refractivity contribution in [3.05, 3.63) is 0 Å². The van der Waals surface area contributed by atoms with Crippen LogP contribution >= 0.6 is 23.5 Å². The largest absolute Gasteiger partial charge is 0.380 e. The molecule has 0 saturated carbocycles. The first-order valence-electron chi connectivity index (χ1n) is 4.87. The SMILES string of the molecule is CCCOCC(N)C1CSCCS1. The molecule has 0 aromatic rings. The topological polar surface area (TPSA) is 35.2 Å². The lowest BCUT2D eigenvalue weighted by Crippen LogP contribution is -2.40. The average molecular weight is 221 g/mol. The van der Waals surface area contributed by atoms with Crippen molar-refractivity contribution in [3.8, 4) is 0 Å². The third-order valence-electron chi connectivity index (χ3n) is 1.98. The van der Waals surface area contributed by atoms with Crippen LogP contribution in [0.15, 0.2) is 0 Å². The highest BCUT2D eigenvalue weighted by Crippen LogP contribution is 2.25. The molecule has 13 heavy (non-hydrogen) atoms. The zero-order valence-corrected chi connectivity index (χ0v) is 9.83. The molecule has 0 aliphatic carbocycles. The summed E-state index contributed by atoms with van der Waals surface area (Å²) in [6.45, 7) is 3.70. The molecule has 0 bridgehead atoms. The Bertz CT molecular complexity index is 129. The summed E-state index contributed by atoms with van der Waals surface area (Å²) in [4.78, 5) is 0.